The van der Waals surface area contributed by atoms with Crippen molar-refractivity contribution in [1.82, 2.24) is 5.32 Å². The summed E-state index contributed by atoms with van der Waals surface area (Å²) in [5.41, 5.74) is 0. The fourth-order valence-corrected chi connectivity index (χ4v) is 2.49. The molecule has 19 heavy (non-hydrogen) atoms. The van der Waals surface area contributed by atoms with Gasteiger partial charge < -0.3 is 19.9 Å². The zero-order valence-corrected chi connectivity index (χ0v) is 12.6. The predicted molar refractivity (Wildman–Crippen MR) is 77.5 cm³/mol. The van der Waals surface area contributed by atoms with E-state index in [4.69, 9.17) is 9.47 Å². The van der Waals surface area contributed by atoms with Crippen molar-refractivity contribution in [2.45, 2.75) is 31.6 Å². The van der Waals surface area contributed by atoms with E-state index in [0.29, 0.717) is 12.6 Å². The number of hydrogen-bond acceptors (Lipinski definition) is 4. The standard InChI is InChI=1S/C14H20BrNO3/c1-10-13(6-7-18-10)16-8-11(17)9-19-14-5-3-2-4-12(14)15/h2-5,10-11,13,16-17H,6-9H2,1H3/t10-,11+,13+/m0/s1. The van der Waals surface area contributed by atoms with Gasteiger partial charge >= 0.3 is 0 Å². The quantitative estimate of drug-likeness (QED) is 0.837. The van der Waals surface area contributed by atoms with Gasteiger partial charge in [-0.3, -0.25) is 0 Å². The Hall–Kier alpha value is -0.620. The number of aliphatic hydroxyl groups is 1. The fourth-order valence-electron chi connectivity index (χ4n) is 2.09. The number of aliphatic hydroxyl groups excluding tert-OH is 1. The maximum Gasteiger partial charge on any atom is 0.133 e. The van der Waals surface area contributed by atoms with Crippen molar-refractivity contribution < 1.29 is 14.6 Å². The number of ether oxygens (including phenoxy) is 2. The van der Waals surface area contributed by atoms with Crippen LogP contribution in [0.4, 0.5) is 0 Å². The van der Waals surface area contributed by atoms with E-state index in [1.165, 1.54) is 0 Å². The van der Waals surface area contributed by atoms with Crippen molar-refractivity contribution in [2.75, 3.05) is 19.8 Å². The molecule has 5 heteroatoms. The van der Waals surface area contributed by atoms with Crippen LogP contribution in [0.1, 0.15) is 13.3 Å². The lowest BCUT2D eigenvalue weighted by atomic mass is 10.1. The summed E-state index contributed by atoms with van der Waals surface area (Å²) in [5.74, 6) is 0.749. The summed E-state index contributed by atoms with van der Waals surface area (Å²) >= 11 is 3.41. The molecular formula is C14H20BrNO3. The molecule has 0 aromatic heterocycles. The second-order valence-corrected chi connectivity index (χ2v) is 5.63. The molecule has 106 valence electrons. The Morgan fingerprint density at radius 3 is 3.00 bits per heavy atom. The van der Waals surface area contributed by atoms with Crippen molar-refractivity contribution in [3.05, 3.63) is 28.7 Å². The molecule has 1 fully saturated rings. The first-order chi connectivity index (χ1) is 9.16. The highest BCUT2D eigenvalue weighted by Gasteiger charge is 2.24. The van der Waals surface area contributed by atoms with Crippen LogP contribution in [0.3, 0.4) is 0 Å². The van der Waals surface area contributed by atoms with Gasteiger partial charge in [0.15, 0.2) is 0 Å². The molecule has 4 nitrogen and oxygen atoms in total. The van der Waals surface area contributed by atoms with E-state index in [-0.39, 0.29) is 12.7 Å². The van der Waals surface area contributed by atoms with Gasteiger partial charge in [-0.2, -0.15) is 0 Å². The first-order valence-electron chi connectivity index (χ1n) is 6.57. The van der Waals surface area contributed by atoms with Crippen molar-refractivity contribution in [3.63, 3.8) is 0 Å². The van der Waals surface area contributed by atoms with Gasteiger partial charge in [0.2, 0.25) is 0 Å². The Bertz CT molecular complexity index is 402. The predicted octanol–water partition coefficient (Wildman–Crippen LogP) is 1.96. The Balaban J connectivity index is 1.70. The van der Waals surface area contributed by atoms with Crippen LogP contribution in [0.5, 0.6) is 5.75 Å². The van der Waals surface area contributed by atoms with Crippen LogP contribution in [0, 0.1) is 0 Å². The van der Waals surface area contributed by atoms with Gasteiger partial charge in [-0.25, -0.2) is 0 Å². The smallest absolute Gasteiger partial charge is 0.133 e. The third-order valence-electron chi connectivity index (χ3n) is 3.26. The second-order valence-electron chi connectivity index (χ2n) is 4.77. The van der Waals surface area contributed by atoms with Gasteiger partial charge in [-0.1, -0.05) is 12.1 Å². The zero-order valence-electron chi connectivity index (χ0n) is 11.0. The van der Waals surface area contributed by atoms with Crippen LogP contribution >= 0.6 is 15.9 Å². The van der Waals surface area contributed by atoms with Crippen molar-refractivity contribution in [3.8, 4) is 5.75 Å². The number of halogens is 1. The van der Waals surface area contributed by atoms with E-state index in [1.807, 2.05) is 24.3 Å². The minimum absolute atomic E-state index is 0.219. The molecule has 0 spiro atoms. The molecule has 0 saturated carbocycles. The minimum atomic E-state index is -0.528. The van der Waals surface area contributed by atoms with E-state index in [1.54, 1.807) is 0 Å². The van der Waals surface area contributed by atoms with E-state index in [9.17, 15) is 5.11 Å². The lowest BCUT2D eigenvalue weighted by molar-refractivity contribution is 0.0895. The molecule has 0 aliphatic carbocycles. The summed E-state index contributed by atoms with van der Waals surface area (Å²) in [6, 6.07) is 7.95. The molecule has 3 atom stereocenters. The van der Waals surface area contributed by atoms with Gasteiger partial charge in [-0.15, -0.1) is 0 Å². The monoisotopic (exact) mass is 329 g/mol. The highest BCUT2D eigenvalue weighted by molar-refractivity contribution is 9.10. The molecule has 1 aliphatic heterocycles. The Labute approximate surface area is 122 Å². The van der Waals surface area contributed by atoms with Crippen LogP contribution in [-0.4, -0.2) is 43.1 Å². The molecule has 1 heterocycles. The van der Waals surface area contributed by atoms with E-state index >= 15 is 0 Å². The molecule has 0 bridgehead atoms. The largest absolute Gasteiger partial charge is 0.490 e. The summed E-state index contributed by atoms with van der Waals surface area (Å²) in [4.78, 5) is 0. The topological polar surface area (TPSA) is 50.7 Å². The third-order valence-corrected chi connectivity index (χ3v) is 3.91. The van der Waals surface area contributed by atoms with Crippen molar-refractivity contribution in [1.29, 1.82) is 0 Å². The molecule has 2 rings (SSSR count). The number of rotatable bonds is 6. The number of hydrogen-bond donors (Lipinski definition) is 2. The summed E-state index contributed by atoms with van der Waals surface area (Å²) in [6.07, 6.45) is 0.690. The van der Waals surface area contributed by atoms with Crippen molar-refractivity contribution >= 4 is 15.9 Å². The molecule has 1 aromatic rings. The minimum Gasteiger partial charge on any atom is -0.490 e. The molecule has 0 amide bonds. The molecule has 0 radical (unpaired) electrons. The van der Waals surface area contributed by atoms with Crippen LogP contribution in [0.15, 0.2) is 28.7 Å². The van der Waals surface area contributed by atoms with Crippen LogP contribution in [0.25, 0.3) is 0 Å². The summed E-state index contributed by atoms with van der Waals surface area (Å²) in [6.45, 7) is 3.64. The lowest BCUT2D eigenvalue weighted by Gasteiger charge is -2.19. The SMILES string of the molecule is C[C@@H]1OCC[C@H]1NC[C@@H](O)COc1ccccc1Br. The molecular weight excluding hydrogens is 310 g/mol. The highest BCUT2D eigenvalue weighted by Crippen LogP contribution is 2.23. The summed E-state index contributed by atoms with van der Waals surface area (Å²) < 4.78 is 11.9. The van der Waals surface area contributed by atoms with Gasteiger partial charge in [-0.05, 0) is 41.4 Å². The maximum absolute atomic E-state index is 9.90. The first-order valence-corrected chi connectivity index (χ1v) is 7.36. The van der Waals surface area contributed by atoms with Gasteiger partial charge in [0.1, 0.15) is 18.5 Å². The van der Waals surface area contributed by atoms with E-state index in [2.05, 4.69) is 28.2 Å². The molecule has 1 saturated heterocycles. The van der Waals surface area contributed by atoms with E-state index < -0.39 is 6.10 Å². The Morgan fingerprint density at radius 2 is 2.32 bits per heavy atom. The number of benzene rings is 1. The lowest BCUT2D eigenvalue weighted by Crippen LogP contribution is -2.41. The number of para-hydroxylation sites is 1. The fraction of sp³-hybridized carbons (Fsp3) is 0.571. The maximum atomic E-state index is 9.90. The molecule has 1 aromatic carbocycles. The summed E-state index contributed by atoms with van der Waals surface area (Å²) in [5, 5.41) is 13.2. The molecule has 1 aliphatic rings. The average Bonchev–Trinajstić information content (AvgIpc) is 2.81. The van der Waals surface area contributed by atoms with Crippen LogP contribution < -0.4 is 10.1 Å². The van der Waals surface area contributed by atoms with E-state index in [0.717, 1.165) is 23.2 Å². The van der Waals surface area contributed by atoms with Crippen LogP contribution in [-0.2, 0) is 4.74 Å². The normalized spacial score (nSPS) is 24.4. The van der Waals surface area contributed by atoms with Crippen LogP contribution in [0.2, 0.25) is 0 Å². The van der Waals surface area contributed by atoms with Gasteiger partial charge in [0.05, 0.1) is 10.6 Å². The zero-order chi connectivity index (χ0) is 13.7. The average molecular weight is 330 g/mol. The second kappa shape index (κ2) is 7.24. The Morgan fingerprint density at radius 1 is 1.53 bits per heavy atom. The molecule has 0 unspecified atom stereocenters. The number of nitrogens with one attached hydrogen (secondary N) is 1. The molecule has 2 N–H and O–H groups in total. The van der Waals surface area contributed by atoms with Crippen molar-refractivity contribution in [2.24, 2.45) is 0 Å². The van der Waals surface area contributed by atoms with Gasteiger partial charge in [0, 0.05) is 19.2 Å². The van der Waals surface area contributed by atoms with Gasteiger partial charge in [0.25, 0.3) is 0 Å². The Kier molecular flexibility index (Phi) is 5.63. The first kappa shape index (κ1) is 14.8. The summed E-state index contributed by atoms with van der Waals surface area (Å²) in [7, 11) is 0. The highest BCUT2D eigenvalue weighted by atomic mass is 79.9. The third kappa shape index (κ3) is 4.45.